The Labute approximate surface area is 221 Å². The van der Waals surface area contributed by atoms with Crippen LogP contribution in [-0.4, -0.2) is 74.8 Å². The van der Waals surface area contributed by atoms with E-state index in [4.69, 9.17) is 9.72 Å². The fraction of sp³-hybridized carbons (Fsp3) is 0.536. The SMILES string of the molecule is CNCCN(C)Cc1ccc2[nH]c(C3CNCCO3)nc2c1C1CCN(c2cccc(C)c2)CC1.Cl. The largest absolute Gasteiger partial charge is 0.371 e. The van der Waals surface area contributed by atoms with Gasteiger partial charge in [-0.05, 0) is 74.7 Å². The maximum absolute atomic E-state index is 6.01. The standard InChI is InChI=1S/C28H40N6O.ClH/c1-20-5-4-6-23(17-20)34-13-9-21(10-14-34)26-22(19-33(3)15-11-29-2)7-8-24-27(26)32-28(31-24)25-18-30-12-16-35-25;/h4-8,17,21,25,29-30H,9-16,18-19H2,1-3H3,(H,31,32);1H. The van der Waals surface area contributed by atoms with Gasteiger partial charge in [0, 0.05) is 51.5 Å². The minimum Gasteiger partial charge on any atom is -0.371 e. The number of hydrogen-bond acceptors (Lipinski definition) is 6. The van der Waals surface area contributed by atoms with Crippen LogP contribution in [0.5, 0.6) is 0 Å². The van der Waals surface area contributed by atoms with Crippen molar-refractivity contribution in [2.75, 3.05) is 64.9 Å². The molecule has 0 bridgehead atoms. The number of ether oxygens (including phenoxy) is 1. The molecular formula is C28H41ClN6O. The summed E-state index contributed by atoms with van der Waals surface area (Å²) in [5.74, 6) is 1.46. The Balaban J connectivity index is 0.00000304. The molecule has 1 aromatic heterocycles. The molecule has 2 fully saturated rings. The molecule has 3 N–H and O–H groups in total. The highest BCUT2D eigenvalue weighted by atomic mass is 35.5. The van der Waals surface area contributed by atoms with Gasteiger partial charge in [-0.15, -0.1) is 12.4 Å². The highest BCUT2D eigenvalue weighted by molar-refractivity contribution is 5.85. The van der Waals surface area contributed by atoms with Crippen molar-refractivity contribution in [1.29, 1.82) is 0 Å². The molecule has 1 unspecified atom stereocenters. The first-order valence-electron chi connectivity index (χ1n) is 13.1. The van der Waals surface area contributed by atoms with Crippen LogP contribution in [0.15, 0.2) is 36.4 Å². The second-order valence-corrected chi connectivity index (χ2v) is 10.2. The number of piperidine rings is 1. The van der Waals surface area contributed by atoms with E-state index in [0.29, 0.717) is 5.92 Å². The molecule has 5 rings (SSSR count). The van der Waals surface area contributed by atoms with Gasteiger partial charge in [0.2, 0.25) is 0 Å². The summed E-state index contributed by atoms with van der Waals surface area (Å²) in [4.78, 5) is 13.7. The number of likely N-dealkylation sites (N-methyl/N-ethyl adjacent to an activating group) is 2. The highest BCUT2D eigenvalue weighted by Crippen LogP contribution is 2.37. The number of aromatic amines is 1. The fourth-order valence-corrected chi connectivity index (χ4v) is 5.57. The first-order valence-corrected chi connectivity index (χ1v) is 13.1. The number of halogens is 1. The number of morpholine rings is 1. The van der Waals surface area contributed by atoms with Crippen LogP contribution in [0, 0.1) is 6.92 Å². The lowest BCUT2D eigenvalue weighted by atomic mass is 9.85. The summed E-state index contributed by atoms with van der Waals surface area (Å²) < 4.78 is 6.01. The molecule has 2 aliphatic rings. The van der Waals surface area contributed by atoms with Crippen molar-refractivity contribution in [1.82, 2.24) is 25.5 Å². The molecule has 0 aliphatic carbocycles. The number of H-pyrrole nitrogens is 1. The van der Waals surface area contributed by atoms with E-state index in [9.17, 15) is 0 Å². The number of hydrogen-bond donors (Lipinski definition) is 3. The van der Waals surface area contributed by atoms with Gasteiger partial charge < -0.3 is 30.2 Å². The van der Waals surface area contributed by atoms with Gasteiger partial charge in [0.15, 0.2) is 0 Å². The lowest BCUT2D eigenvalue weighted by Gasteiger charge is -2.35. The van der Waals surface area contributed by atoms with E-state index < -0.39 is 0 Å². The normalized spacial score (nSPS) is 19.1. The molecule has 36 heavy (non-hydrogen) atoms. The van der Waals surface area contributed by atoms with Crippen molar-refractivity contribution in [3.63, 3.8) is 0 Å². The van der Waals surface area contributed by atoms with Gasteiger partial charge in [-0.25, -0.2) is 4.98 Å². The number of benzene rings is 2. The molecular weight excluding hydrogens is 472 g/mol. The van der Waals surface area contributed by atoms with Gasteiger partial charge in [-0.1, -0.05) is 18.2 Å². The maximum atomic E-state index is 6.01. The number of anilines is 1. The van der Waals surface area contributed by atoms with Crippen molar-refractivity contribution in [3.8, 4) is 0 Å². The van der Waals surface area contributed by atoms with Crippen LogP contribution in [0.2, 0.25) is 0 Å². The molecule has 0 saturated carbocycles. The van der Waals surface area contributed by atoms with Crippen LogP contribution in [0.25, 0.3) is 11.0 Å². The molecule has 7 nitrogen and oxygen atoms in total. The molecule has 8 heteroatoms. The zero-order valence-corrected chi connectivity index (χ0v) is 22.7. The second kappa shape index (κ2) is 12.4. The summed E-state index contributed by atoms with van der Waals surface area (Å²) in [6.07, 6.45) is 2.28. The van der Waals surface area contributed by atoms with Crippen molar-refractivity contribution >= 4 is 29.1 Å². The van der Waals surface area contributed by atoms with Crippen molar-refractivity contribution < 1.29 is 4.74 Å². The third kappa shape index (κ3) is 6.03. The lowest BCUT2D eigenvalue weighted by molar-refractivity contribution is 0.0228. The highest BCUT2D eigenvalue weighted by Gasteiger charge is 2.27. The Hall–Kier alpha value is -2.16. The van der Waals surface area contributed by atoms with Gasteiger partial charge >= 0.3 is 0 Å². The van der Waals surface area contributed by atoms with E-state index in [-0.39, 0.29) is 18.5 Å². The van der Waals surface area contributed by atoms with E-state index in [0.717, 1.165) is 82.1 Å². The average molecular weight is 513 g/mol. The second-order valence-electron chi connectivity index (χ2n) is 10.2. The monoisotopic (exact) mass is 512 g/mol. The van der Waals surface area contributed by atoms with Crippen LogP contribution in [-0.2, 0) is 11.3 Å². The molecule has 2 aliphatic heterocycles. The Morgan fingerprint density at radius 2 is 2.03 bits per heavy atom. The Morgan fingerprint density at radius 1 is 1.19 bits per heavy atom. The fourth-order valence-electron chi connectivity index (χ4n) is 5.57. The Bertz CT molecular complexity index is 1120. The molecule has 196 valence electrons. The zero-order valence-electron chi connectivity index (χ0n) is 21.8. The number of rotatable bonds is 8. The number of imidazole rings is 1. The Morgan fingerprint density at radius 3 is 2.75 bits per heavy atom. The summed E-state index contributed by atoms with van der Waals surface area (Å²) in [5, 5.41) is 6.71. The van der Waals surface area contributed by atoms with Crippen LogP contribution in [0.4, 0.5) is 5.69 Å². The third-order valence-electron chi connectivity index (χ3n) is 7.49. The summed E-state index contributed by atoms with van der Waals surface area (Å²) in [6, 6.07) is 13.4. The number of nitrogens with zero attached hydrogens (tertiary/aromatic N) is 3. The molecule has 0 radical (unpaired) electrons. The predicted molar refractivity (Wildman–Crippen MR) is 151 cm³/mol. The molecule has 3 aromatic rings. The number of aromatic nitrogens is 2. The van der Waals surface area contributed by atoms with Crippen LogP contribution in [0.1, 0.15) is 47.4 Å². The van der Waals surface area contributed by atoms with Gasteiger partial charge in [0.05, 0.1) is 17.6 Å². The van der Waals surface area contributed by atoms with E-state index in [1.807, 2.05) is 7.05 Å². The van der Waals surface area contributed by atoms with Crippen LogP contribution >= 0.6 is 12.4 Å². The van der Waals surface area contributed by atoms with Crippen molar-refractivity contribution in [2.24, 2.45) is 0 Å². The summed E-state index contributed by atoms with van der Waals surface area (Å²) in [7, 11) is 4.23. The molecule has 3 heterocycles. The molecule has 2 aromatic carbocycles. The first kappa shape index (κ1) is 26.9. The van der Waals surface area contributed by atoms with E-state index in [1.165, 1.54) is 22.4 Å². The summed E-state index contributed by atoms with van der Waals surface area (Å²) in [5.41, 5.74) is 7.79. The topological polar surface area (TPSA) is 68.4 Å². The van der Waals surface area contributed by atoms with Gasteiger partial charge in [-0.3, -0.25) is 0 Å². The van der Waals surface area contributed by atoms with E-state index >= 15 is 0 Å². The average Bonchev–Trinajstić information content (AvgIpc) is 3.32. The minimum atomic E-state index is -0.00563. The predicted octanol–water partition coefficient (Wildman–Crippen LogP) is 3.99. The van der Waals surface area contributed by atoms with Gasteiger partial charge in [-0.2, -0.15) is 0 Å². The number of nitrogens with one attached hydrogen (secondary N) is 3. The third-order valence-corrected chi connectivity index (χ3v) is 7.49. The first-order chi connectivity index (χ1) is 17.1. The minimum absolute atomic E-state index is 0. The van der Waals surface area contributed by atoms with Crippen LogP contribution < -0.4 is 15.5 Å². The smallest absolute Gasteiger partial charge is 0.137 e. The van der Waals surface area contributed by atoms with Crippen molar-refractivity contribution in [3.05, 3.63) is 58.9 Å². The molecule has 0 amide bonds. The lowest BCUT2D eigenvalue weighted by Crippen LogP contribution is -2.34. The number of aryl methyl sites for hydroxylation is 1. The molecule has 2 saturated heterocycles. The molecule has 0 spiro atoms. The number of fused-ring (bicyclic) bond motifs is 1. The maximum Gasteiger partial charge on any atom is 0.137 e. The summed E-state index contributed by atoms with van der Waals surface area (Å²) in [6.45, 7) is 9.72. The molecule has 1 atom stereocenters. The Kier molecular flexibility index (Phi) is 9.25. The van der Waals surface area contributed by atoms with Gasteiger partial charge in [0.25, 0.3) is 0 Å². The van der Waals surface area contributed by atoms with Crippen LogP contribution in [0.3, 0.4) is 0 Å². The van der Waals surface area contributed by atoms with Gasteiger partial charge in [0.1, 0.15) is 11.9 Å². The van der Waals surface area contributed by atoms with Crippen molar-refractivity contribution in [2.45, 2.75) is 38.3 Å². The van der Waals surface area contributed by atoms with E-state index in [2.05, 4.69) is 75.8 Å². The van der Waals surface area contributed by atoms with E-state index in [1.54, 1.807) is 0 Å². The zero-order chi connectivity index (χ0) is 24.2. The summed E-state index contributed by atoms with van der Waals surface area (Å²) >= 11 is 0. The quantitative estimate of drug-likeness (QED) is 0.424.